The van der Waals surface area contributed by atoms with Crippen LogP contribution in [0, 0.1) is 0 Å². The molecule has 0 aromatic rings. The number of aliphatic hydroxyl groups is 1. The van der Waals surface area contributed by atoms with Gasteiger partial charge in [0.15, 0.2) is 0 Å². The zero-order chi connectivity index (χ0) is 42.6. The van der Waals surface area contributed by atoms with Crippen LogP contribution in [0.4, 0.5) is 0 Å². The lowest BCUT2D eigenvalue weighted by molar-refractivity contribution is -0.150. The Bertz CT molecular complexity index is 946. The van der Waals surface area contributed by atoms with Crippen molar-refractivity contribution >= 4 is 23.8 Å². The zero-order valence-electron chi connectivity index (χ0n) is 38.1. The van der Waals surface area contributed by atoms with Crippen molar-refractivity contribution in [3.05, 3.63) is 0 Å². The molecule has 58 heavy (non-hydrogen) atoms. The molecule has 9 heteroatoms. The lowest BCUT2D eigenvalue weighted by Crippen LogP contribution is -2.47. The second-order valence-corrected chi connectivity index (χ2v) is 17.3. The number of amides is 2. The fourth-order valence-corrected chi connectivity index (χ4v) is 7.78. The van der Waals surface area contributed by atoms with E-state index in [4.69, 9.17) is 14.9 Å². The highest BCUT2D eigenvalue weighted by molar-refractivity contribution is 5.87. The second-order valence-electron chi connectivity index (χ2n) is 17.3. The van der Waals surface area contributed by atoms with Crippen LogP contribution in [0.2, 0.25) is 0 Å². The lowest BCUT2D eigenvalue weighted by atomic mass is 10.0. The predicted molar refractivity (Wildman–Crippen MR) is 241 cm³/mol. The van der Waals surface area contributed by atoms with E-state index in [0.29, 0.717) is 19.3 Å². The Hall–Kier alpha value is -2.16. The summed E-state index contributed by atoms with van der Waals surface area (Å²) in [4.78, 5) is 47.7. The van der Waals surface area contributed by atoms with E-state index in [1.807, 2.05) is 0 Å². The molecule has 0 spiro atoms. The smallest absolute Gasteiger partial charge is 0.328 e. The molecule has 0 saturated heterocycles. The molecule has 2 unspecified atom stereocenters. The predicted octanol–water partition coefficient (Wildman–Crippen LogP) is 12.8. The Kier molecular flexibility index (Phi) is 42.7. The summed E-state index contributed by atoms with van der Waals surface area (Å²) in [5.41, 5.74) is 0. The summed E-state index contributed by atoms with van der Waals surface area (Å²) in [6, 6.07) is -1.38. The molecule has 342 valence electrons. The Balaban J connectivity index is 4.17. The summed E-state index contributed by atoms with van der Waals surface area (Å²) < 4.78 is 6.06. The summed E-state index contributed by atoms with van der Waals surface area (Å²) in [6.45, 7) is 3.52. The van der Waals surface area contributed by atoms with Gasteiger partial charge in [-0.15, -0.1) is 0 Å². The first-order valence-corrected chi connectivity index (χ1v) is 24.9. The van der Waals surface area contributed by atoms with E-state index in [2.05, 4.69) is 24.5 Å². The number of hydrogen-bond donors (Lipinski definition) is 4. The number of carbonyl (C=O) groups excluding carboxylic acids is 3. The van der Waals surface area contributed by atoms with E-state index in [1.54, 1.807) is 0 Å². The van der Waals surface area contributed by atoms with Crippen molar-refractivity contribution < 1.29 is 34.1 Å². The van der Waals surface area contributed by atoms with Gasteiger partial charge in [-0.1, -0.05) is 213 Å². The molecule has 0 heterocycles. The van der Waals surface area contributed by atoms with E-state index < -0.39 is 24.5 Å². The number of ether oxygens (including phenoxy) is 1. The molecule has 0 aliphatic carbocycles. The standard InChI is InChI=1S/C49H94N2O7/c1-3-5-7-9-11-13-15-16-17-18-19-20-21-22-24-26-28-33-37-41-48(55)58-44(38-34-30-27-25-23-14-12-10-8-6-4-2)39-35-31-29-32-36-40-46(53)50-42-47(54)51-45(43-52)49(56)57/h44-45,52H,3-43H2,1-2H3,(H,50,53)(H,51,54)(H,56,57). The topological polar surface area (TPSA) is 142 Å². The Morgan fingerprint density at radius 2 is 0.776 bits per heavy atom. The summed E-state index contributed by atoms with van der Waals surface area (Å²) in [6.07, 6.45) is 47.1. The van der Waals surface area contributed by atoms with Crippen LogP contribution in [-0.4, -0.2) is 59.3 Å². The lowest BCUT2D eigenvalue weighted by Gasteiger charge is -2.18. The molecule has 0 bridgehead atoms. The van der Waals surface area contributed by atoms with Gasteiger partial charge in [-0.2, -0.15) is 0 Å². The maximum Gasteiger partial charge on any atom is 0.328 e. The van der Waals surface area contributed by atoms with Gasteiger partial charge in [0.2, 0.25) is 11.8 Å². The van der Waals surface area contributed by atoms with E-state index >= 15 is 0 Å². The second kappa shape index (κ2) is 44.4. The molecule has 0 radical (unpaired) electrons. The van der Waals surface area contributed by atoms with Crippen LogP contribution >= 0.6 is 0 Å². The van der Waals surface area contributed by atoms with E-state index in [0.717, 1.165) is 57.8 Å². The van der Waals surface area contributed by atoms with Gasteiger partial charge in [0.05, 0.1) is 13.2 Å². The van der Waals surface area contributed by atoms with Crippen molar-refractivity contribution in [1.82, 2.24) is 10.6 Å². The molecule has 0 aliphatic heterocycles. The SMILES string of the molecule is CCCCCCCCCCCCCCCCCCCCCC(=O)OC(CCCCCCCCCCCCC)CCCCCCCC(=O)NCC(=O)NC(CO)C(=O)O. The van der Waals surface area contributed by atoms with Crippen LogP contribution in [-0.2, 0) is 23.9 Å². The van der Waals surface area contributed by atoms with Crippen LogP contribution in [0.3, 0.4) is 0 Å². The average Bonchev–Trinajstić information content (AvgIpc) is 3.21. The molecular weight excluding hydrogens is 729 g/mol. The van der Waals surface area contributed by atoms with Gasteiger partial charge >= 0.3 is 11.9 Å². The fourth-order valence-electron chi connectivity index (χ4n) is 7.78. The number of unbranched alkanes of at least 4 members (excludes halogenated alkanes) is 32. The van der Waals surface area contributed by atoms with Gasteiger partial charge in [-0.05, 0) is 38.5 Å². The third-order valence-electron chi connectivity index (χ3n) is 11.6. The van der Waals surface area contributed by atoms with Crippen molar-refractivity contribution in [2.75, 3.05) is 13.2 Å². The number of carbonyl (C=O) groups is 4. The summed E-state index contributed by atoms with van der Waals surface area (Å²) >= 11 is 0. The summed E-state index contributed by atoms with van der Waals surface area (Å²) in [5, 5.41) is 22.6. The number of hydrogen-bond acceptors (Lipinski definition) is 6. The number of aliphatic carboxylic acids is 1. The molecule has 4 N–H and O–H groups in total. The number of aliphatic hydroxyl groups excluding tert-OH is 1. The van der Waals surface area contributed by atoms with Gasteiger partial charge in [-0.25, -0.2) is 4.79 Å². The maximum atomic E-state index is 12.8. The highest BCUT2D eigenvalue weighted by atomic mass is 16.5. The molecule has 0 aromatic heterocycles. The third kappa shape index (κ3) is 40.6. The largest absolute Gasteiger partial charge is 0.480 e. The molecule has 0 saturated carbocycles. The van der Waals surface area contributed by atoms with Crippen LogP contribution in [0.15, 0.2) is 0 Å². The normalized spacial score (nSPS) is 12.3. The van der Waals surface area contributed by atoms with Crippen molar-refractivity contribution in [3.8, 4) is 0 Å². The molecule has 0 aromatic carbocycles. The van der Waals surface area contributed by atoms with Crippen molar-refractivity contribution in [3.63, 3.8) is 0 Å². The summed E-state index contributed by atoms with van der Waals surface area (Å²) in [7, 11) is 0. The monoisotopic (exact) mass is 823 g/mol. The Labute approximate surface area is 357 Å². The van der Waals surface area contributed by atoms with Gasteiger partial charge in [0.1, 0.15) is 12.1 Å². The molecule has 0 aliphatic rings. The summed E-state index contributed by atoms with van der Waals surface area (Å²) in [5.74, 6) is -2.26. The molecule has 2 amide bonds. The number of nitrogens with one attached hydrogen (secondary N) is 2. The molecule has 2 atom stereocenters. The molecular formula is C49H94N2O7. The number of esters is 1. The Morgan fingerprint density at radius 1 is 0.448 bits per heavy atom. The van der Waals surface area contributed by atoms with Crippen molar-refractivity contribution in [2.45, 2.75) is 276 Å². The highest BCUT2D eigenvalue weighted by Gasteiger charge is 2.19. The van der Waals surface area contributed by atoms with Crippen molar-refractivity contribution in [2.24, 2.45) is 0 Å². The van der Waals surface area contributed by atoms with E-state index in [-0.39, 0.29) is 24.5 Å². The minimum Gasteiger partial charge on any atom is -0.480 e. The molecule has 0 fully saturated rings. The van der Waals surface area contributed by atoms with Gasteiger partial charge < -0.3 is 25.6 Å². The van der Waals surface area contributed by atoms with Crippen LogP contribution in [0.1, 0.15) is 264 Å². The molecule has 9 nitrogen and oxygen atoms in total. The van der Waals surface area contributed by atoms with Gasteiger partial charge in [0, 0.05) is 12.8 Å². The first-order chi connectivity index (χ1) is 28.3. The van der Waals surface area contributed by atoms with Crippen LogP contribution in [0.25, 0.3) is 0 Å². The quantitative estimate of drug-likeness (QED) is 0.0354. The van der Waals surface area contributed by atoms with E-state index in [9.17, 15) is 19.2 Å². The fraction of sp³-hybridized carbons (Fsp3) is 0.918. The van der Waals surface area contributed by atoms with Gasteiger partial charge in [0.25, 0.3) is 0 Å². The minimum absolute atomic E-state index is 0.00475. The Morgan fingerprint density at radius 3 is 1.12 bits per heavy atom. The number of carboxylic acids is 1. The first kappa shape index (κ1) is 55.8. The number of carboxylic acid groups (broad SMARTS) is 1. The van der Waals surface area contributed by atoms with Gasteiger partial charge in [-0.3, -0.25) is 14.4 Å². The molecule has 0 rings (SSSR count). The van der Waals surface area contributed by atoms with Crippen LogP contribution < -0.4 is 10.6 Å². The third-order valence-corrected chi connectivity index (χ3v) is 11.6. The highest BCUT2D eigenvalue weighted by Crippen LogP contribution is 2.20. The minimum atomic E-state index is -1.38. The van der Waals surface area contributed by atoms with E-state index in [1.165, 1.54) is 173 Å². The number of rotatable bonds is 46. The average molecular weight is 823 g/mol. The first-order valence-electron chi connectivity index (χ1n) is 24.9. The van der Waals surface area contributed by atoms with Crippen molar-refractivity contribution in [1.29, 1.82) is 0 Å². The maximum absolute atomic E-state index is 12.8. The zero-order valence-corrected chi connectivity index (χ0v) is 38.1. The van der Waals surface area contributed by atoms with Crippen LogP contribution in [0.5, 0.6) is 0 Å².